The van der Waals surface area contributed by atoms with Crippen molar-refractivity contribution in [1.29, 1.82) is 0 Å². The SMILES string of the molecule is C=C[C@@H](N)c1c(F)c(F)cc(F)c1F.Cl. The molecule has 6 heteroatoms. The van der Waals surface area contributed by atoms with Crippen LogP contribution in [-0.2, 0) is 0 Å². The second-order valence-corrected chi connectivity index (χ2v) is 2.64. The highest BCUT2D eigenvalue weighted by molar-refractivity contribution is 5.85. The van der Waals surface area contributed by atoms with Crippen LogP contribution >= 0.6 is 12.4 Å². The standard InChI is InChI=1S/C9H7F4N.ClH/c1-2-6(14)7-8(12)4(10)3-5(11)9(7)13;/h2-3,6H,1,14H2;1H/t6-;/m1./s1. The molecule has 1 nitrogen and oxygen atoms in total. The molecule has 0 saturated carbocycles. The second-order valence-electron chi connectivity index (χ2n) is 2.64. The van der Waals surface area contributed by atoms with Gasteiger partial charge in [-0.3, -0.25) is 0 Å². The van der Waals surface area contributed by atoms with E-state index in [4.69, 9.17) is 5.73 Å². The van der Waals surface area contributed by atoms with E-state index in [0.29, 0.717) is 0 Å². The molecule has 1 rings (SSSR count). The molecule has 1 aromatic carbocycles. The molecule has 0 bridgehead atoms. The third-order valence-electron chi connectivity index (χ3n) is 1.73. The molecule has 0 aliphatic rings. The van der Waals surface area contributed by atoms with Gasteiger partial charge in [0, 0.05) is 6.07 Å². The summed E-state index contributed by atoms with van der Waals surface area (Å²) >= 11 is 0. The van der Waals surface area contributed by atoms with Crippen LogP contribution in [0.4, 0.5) is 17.6 Å². The van der Waals surface area contributed by atoms with Crippen LogP contribution in [0.2, 0.25) is 0 Å². The summed E-state index contributed by atoms with van der Waals surface area (Å²) in [5, 5.41) is 0. The van der Waals surface area contributed by atoms with Gasteiger partial charge in [0.25, 0.3) is 0 Å². The highest BCUT2D eigenvalue weighted by Gasteiger charge is 2.21. The summed E-state index contributed by atoms with van der Waals surface area (Å²) in [6.45, 7) is 3.18. The molecule has 0 saturated heterocycles. The first kappa shape index (κ1) is 13.9. The van der Waals surface area contributed by atoms with E-state index in [2.05, 4.69) is 6.58 Å². The molecule has 2 N–H and O–H groups in total. The summed E-state index contributed by atoms with van der Waals surface area (Å²) in [7, 11) is 0. The number of rotatable bonds is 2. The minimum atomic E-state index is -1.49. The Kier molecular flexibility index (Phi) is 4.77. The average Bonchev–Trinajstić information content (AvgIpc) is 2.15. The smallest absolute Gasteiger partial charge is 0.167 e. The van der Waals surface area contributed by atoms with Crippen molar-refractivity contribution in [3.05, 3.63) is 47.6 Å². The maximum absolute atomic E-state index is 13.0. The van der Waals surface area contributed by atoms with Crippen LogP contribution in [0.1, 0.15) is 11.6 Å². The summed E-state index contributed by atoms with van der Waals surface area (Å²) in [5.41, 5.74) is 4.35. The normalized spacial score (nSPS) is 11.8. The molecule has 15 heavy (non-hydrogen) atoms. The van der Waals surface area contributed by atoms with Crippen molar-refractivity contribution >= 4 is 12.4 Å². The van der Waals surface area contributed by atoms with Crippen molar-refractivity contribution in [2.24, 2.45) is 5.73 Å². The van der Waals surface area contributed by atoms with Gasteiger partial charge in [-0.15, -0.1) is 19.0 Å². The zero-order valence-corrected chi connectivity index (χ0v) is 8.25. The zero-order chi connectivity index (χ0) is 10.9. The van der Waals surface area contributed by atoms with Crippen molar-refractivity contribution < 1.29 is 17.6 Å². The number of benzene rings is 1. The Morgan fingerprint density at radius 2 is 1.53 bits per heavy atom. The van der Waals surface area contributed by atoms with Gasteiger partial charge in [-0.1, -0.05) is 6.08 Å². The van der Waals surface area contributed by atoms with Gasteiger partial charge in [0.2, 0.25) is 0 Å². The molecule has 0 heterocycles. The van der Waals surface area contributed by atoms with Gasteiger partial charge in [-0.05, 0) is 0 Å². The monoisotopic (exact) mass is 241 g/mol. The predicted octanol–water partition coefficient (Wildman–Crippen LogP) is 2.85. The maximum atomic E-state index is 13.0. The van der Waals surface area contributed by atoms with Gasteiger partial charge in [-0.2, -0.15) is 0 Å². The molecule has 0 amide bonds. The Balaban J connectivity index is 0.00000196. The van der Waals surface area contributed by atoms with Crippen LogP contribution in [0.3, 0.4) is 0 Å². The molecular formula is C9H8ClF4N. The van der Waals surface area contributed by atoms with Crippen molar-refractivity contribution in [3.63, 3.8) is 0 Å². The quantitative estimate of drug-likeness (QED) is 0.481. The number of halogens is 5. The van der Waals surface area contributed by atoms with Crippen LogP contribution < -0.4 is 5.73 Å². The van der Waals surface area contributed by atoms with Crippen LogP contribution in [-0.4, -0.2) is 0 Å². The number of nitrogens with two attached hydrogens (primary N) is 1. The largest absolute Gasteiger partial charge is 0.321 e. The van der Waals surface area contributed by atoms with E-state index in [1.165, 1.54) is 0 Å². The third kappa shape index (κ3) is 2.49. The van der Waals surface area contributed by atoms with E-state index < -0.39 is 34.9 Å². The lowest BCUT2D eigenvalue weighted by Gasteiger charge is -2.10. The second kappa shape index (κ2) is 5.14. The molecule has 0 spiro atoms. The Labute approximate surface area is 90.0 Å². The number of hydrogen-bond donors (Lipinski definition) is 1. The van der Waals surface area contributed by atoms with Gasteiger partial charge in [0.15, 0.2) is 23.3 Å². The Hall–Kier alpha value is -1.07. The fourth-order valence-electron chi connectivity index (χ4n) is 1.00. The zero-order valence-electron chi connectivity index (χ0n) is 7.44. The minimum absolute atomic E-state index is 0. The molecule has 0 unspecified atom stereocenters. The molecular weight excluding hydrogens is 234 g/mol. The summed E-state index contributed by atoms with van der Waals surface area (Å²) in [6, 6.07) is -1.15. The average molecular weight is 242 g/mol. The van der Waals surface area contributed by atoms with Gasteiger partial charge < -0.3 is 5.73 Å². The molecule has 0 radical (unpaired) electrons. The topological polar surface area (TPSA) is 26.0 Å². The molecule has 1 atom stereocenters. The van der Waals surface area contributed by atoms with Crippen LogP contribution in [0, 0.1) is 23.3 Å². The predicted molar refractivity (Wildman–Crippen MR) is 50.6 cm³/mol. The lowest BCUT2D eigenvalue weighted by molar-refractivity contribution is 0.434. The van der Waals surface area contributed by atoms with Gasteiger partial charge >= 0.3 is 0 Å². The minimum Gasteiger partial charge on any atom is -0.321 e. The van der Waals surface area contributed by atoms with E-state index in [0.717, 1.165) is 6.08 Å². The van der Waals surface area contributed by atoms with Crippen molar-refractivity contribution in [1.82, 2.24) is 0 Å². The Bertz CT molecular complexity index is 355. The summed E-state index contributed by atoms with van der Waals surface area (Å²) in [5.74, 6) is -5.93. The van der Waals surface area contributed by atoms with E-state index >= 15 is 0 Å². The maximum Gasteiger partial charge on any atom is 0.167 e. The van der Waals surface area contributed by atoms with Gasteiger partial charge in [0.05, 0.1) is 11.6 Å². The molecule has 1 aromatic rings. The third-order valence-corrected chi connectivity index (χ3v) is 1.73. The first-order valence-electron chi connectivity index (χ1n) is 3.70. The highest BCUT2D eigenvalue weighted by atomic mass is 35.5. The van der Waals surface area contributed by atoms with Crippen LogP contribution in [0.5, 0.6) is 0 Å². The molecule has 0 aromatic heterocycles. The van der Waals surface area contributed by atoms with E-state index in [-0.39, 0.29) is 18.5 Å². The van der Waals surface area contributed by atoms with Crippen molar-refractivity contribution in [3.8, 4) is 0 Å². The molecule has 0 aliphatic heterocycles. The first-order valence-corrected chi connectivity index (χ1v) is 3.70. The summed E-state index contributed by atoms with van der Waals surface area (Å²) in [4.78, 5) is 0. The highest BCUT2D eigenvalue weighted by Crippen LogP contribution is 2.24. The Morgan fingerprint density at radius 3 is 1.87 bits per heavy atom. The Morgan fingerprint density at radius 1 is 1.13 bits per heavy atom. The van der Waals surface area contributed by atoms with Crippen LogP contribution in [0.25, 0.3) is 0 Å². The van der Waals surface area contributed by atoms with E-state index in [1.807, 2.05) is 0 Å². The molecule has 0 fully saturated rings. The van der Waals surface area contributed by atoms with Gasteiger partial charge in [-0.25, -0.2) is 17.6 Å². The van der Waals surface area contributed by atoms with E-state index in [1.54, 1.807) is 0 Å². The van der Waals surface area contributed by atoms with E-state index in [9.17, 15) is 17.6 Å². The van der Waals surface area contributed by atoms with Crippen LogP contribution in [0.15, 0.2) is 18.7 Å². The first-order chi connectivity index (χ1) is 6.49. The van der Waals surface area contributed by atoms with Gasteiger partial charge in [0.1, 0.15) is 0 Å². The fraction of sp³-hybridized carbons (Fsp3) is 0.111. The summed E-state index contributed by atoms with van der Waals surface area (Å²) < 4.78 is 51.2. The lowest BCUT2D eigenvalue weighted by atomic mass is 10.1. The lowest BCUT2D eigenvalue weighted by Crippen LogP contribution is -2.14. The number of hydrogen-bond acceptors (Lipinski definition) is 1. The fourth-order valence-corrected chi connectivity index (χ4v) is 1.00. The molecule has 84 valence electrons. The molecule has 0 aliphatic carbocycles. The summed E-state index contributed by atoms with van der Waals surface area (Å²) in [6.07, 6.45) is 0.986. The van der Waals surface area contributed by atoms with Crippen molar-refractivity contribution in [2.45, 2.75) is 6.04 Å². The van der Waals surface area contributed by atoms with Crippen molar-refractivity contribution in [2.75, 3.05) is 0 Å².